The summed E-state index contributed by atoms with van der Waals surface area (Å²) >= 11 is 0. The van der Waals surface area contributed by atoms with Crippen LogP contribution in [0.1, 0.15) is 63.0 Å². The maximum Gasteiger partial charge on any atom is 0.383 e. The Balaban J connectivity index is 1.38. The molecule has 0 aliphatic heterocycles. The minimum Gasteiger partial charge on any atom is -0.377 e. The first-order chi connectivity index (χ1) is 18.4. The topological polar surface area (TPSA) is 18.5 Å². The maximum absolute atomic E-state index is 15.1. The average Bonchev–Trinajstić information content (AvgIpc) is 2.93. The Bertz CT molecular complexity index is 1160. The fraction of sp³-hybridized carbons (Fsp3) is 0.394. The standard InChI is InChI=1S/C33H37F3O2/c1-3-5-6-21-37-23-25-7-11-26(12-8-25)28-15-20-31(32(34)22-28)27-13-16-29(17-14-27)33(35,36)38-30-18-9-24(4-2)10-19-30/h4,7-8,11-17,20,22,24,30H,2-3,5-6,9-10,18-19,21,23H2,1H3/t24-,30-. The number of rotatable bonds is 12. The molecule has 1 fully saturated rings. The monoisotopic (exact) mass is 522 g/mol. The molecular weight excluding hydrogens is 485 g/mol. The Morgan fingerprint density at radius 1 is 0.868 bits per heavy atom. The van der Waals surface area contributed by atoms with E-state index in [-0.39, 0.29) is 5.56 Å². The van der Waals surface area contributed by atoms with E-state index in [4.69, 9.17) is 9.47 Å². The zero-order chi connectivity index (χ0) is 27.0. The zero-order valence-corrected chi connectivity index (χ0v) is 22.1. The van der Waals surface area contributed by atoms with E-state index in [1.165, 1.54) is 43.2 Å². The number of hydrogen-bond acceptors (Lipinski definition) is 2. The van der Waals surface area contributed by atoms with Crippen LogP contribution < -0.4 is 0 Å². The van der Waals surface area contributed by atoms with Crippen molar-refractivity contribution in [2.45, 2.75) is 70.7 Å². The van der Waals surface area contributed by atoms with Gasteiger partial charge in [-0.3, -0.25) is 0 Å². The maximum atomic E-state index is 15.1. The van der Waals surface area contributed by atoms with Crippen molar-refractivity contribution in [3.63, 3.8) is 0 Å². The van der Waals surface area contributed by atoms with Crippen LogP contribution in [0.3, 0.4) is 0 Å². The van der Waals surface area contributed by atoms with Crippen LogP contribution in [0.25, 0.3) is 22.3 Å². The van der Waals surface area contributed by atoms with Gasteiger partial charge in [0.15, 0.2) is 0 Å². The van der Waals surface area contributed by atoms with Gasteiger partial charge in [-0.05, 0) is 78.5 Å². The number of allylic oxidation sites excluding steroid dienone is 1. The Hall–Kier alpha value is -2.89. The quantitative estimate of drug-likeness (QED) is 0.174. The Labute approximate surface area is 224 Å². The van der Waals surface area contributed by atoms with E-state index in [1.54, 1.807) is 6.07 Å². The third-order valence-electron chi connectivity index (χ3n) is 7.32. The molecule has 2 nitrogen and oxygen atoms in total. The number of hydrogen-bond donors (Lipinski definition) is 0. The number of benzene rings is 3. The molecule has 1 saturated carbocycles. The lowest BCUT2D eigenvalue weighted by Gasteiger charge is -2.30. The van der Waals surface area contributed by atoms with Crippen molar-refractivity contribution >= 4 is 0 Å². The van der Waals surface area contributed by atoms with E-state index in [9.17, 15) is 8.78 Å². The number of halogens is 3. The van der Waals surface area contributed by atoms with Crippen LogP contribution in [0.5, 0.6) is 0 Å². The van der Waals surface area contributed by atoms with Crippen LogP contribution in [0, 0.1) is 11.7 Å². The molecule has 0 bridgehead atoms. The summed E-state index contributed by atoms with van der Waals surface area (Å²) in [6.07, 6.45) is 4.25. The number of unbranched alkanes of at least 4 members (excludes halogenated alkanes) is 2. The molecular formula is C33H37F3O2. The molecule has 38 heavy (non-hydrogen) atoms. The molecule has 1 aliphatic carbocycles. The fourth-order valence-corrected chi connectivity index (χ4v) is 4.93. The summed E-state index contributed by atoms with van der Waals surface area (Å²) in [6.45, 7) is 7.27. The third-order valence-corrected chi connectivity index (χ3v) is 7.32. The highest BCUT2D eigenvalue weighted by atomic mass is 19.3. The van der Waals surface area contributed by atoms with E-state index in [0.717, 1.165) is 42.6 Å². The minimum atomic E-state index is -3.39. The Morgan fingerprint density at radius 2 is 1.53 bits per heavy atom. The first-order valence-corrected chi connectivity index (χ1v) is 13.7. The predicted molar refractivity (Wildman–Crippen MR) is 147 cm³/mol. The lowest BCUT2D eigenvalue weighted by molar-refractivity contribution is -0.277. The molecule has 0 unspecified atom stereocenters. The van der Waals surface area contributed by atoms with Gasteiger partial charge in [-0.15, -0.1) is 6.58 Å². The van der Waals surface area contributed by atoms with Crippen LogP contribution in [0.2, 0.25) is 0 Å². The van der Waals surface area contributed by atoms with Crippen LogP contribution in [0.4, 0.5) is 13.2 Å². The molecule has 3 aromatic rings. The van der Waals surface area contributed by atoms with Gasteiger partial charge in [-0.1, -0.05) is 74.4 Å². The molecule has 0 amide bonds. The summed E-state index contributed by atoms with van der Waals surface area (Å²) in [7, 11) is 0. The molecule has 0 N–H and O–H groups in total. The van der Waals surface area contributed by atoms with Crippen LogP contribution in [0.15, 0.2) is 79.4 Å². The predicted octanol–water partition coefficient (Wildman–Crippen LogP) is 9.68. The summed E-state index contributed by atoms with van der Waals surface area (Å²) in [6, 6.07) is 18.6. The van der Waals surface area contributed by atoms with Crippen molar-refractivity contribution in [2.24, 2.45) is 5.92 Å². The van der Waals surface area contributed by atoms with Crippen molar-refractivity contribution in [3.05, 3.63) is 96.3 Å². The second-order valence-corrected chi connectivity index (χ2v) is 10.1. The van der Waals surface area contributed by atoms with E-state index >= 15 is 4.39 Å². The first kappa shape index (κ1) is 28.1. The van der Waals surface area contributed by atoms with Gasteiger partial charge < -0.3 is 9.47 Å². The number of ether oxygens (including phenoxy) is 2. The van der Waals surface area contributed by atoms with Crippen molar-refractivity contribution in [2.75, 3.05) is 6.61 Å². The molecule has 3 aromatic carbocycles. The van der Waals surface area contributed by atoms with Crippen molar-refractivity contribution < 1.29 is 22.6 Å². The van der Waals surface area contributed by atoms with Crippen molar-refractivity contribution in [1.82, 2.24) is 0 Å². The lowest BCUT2D eigenvalue weighted by atomic mass is 9.87. The molecule has 0 heterocycles. The highest BCUT2D eigenvalue weighted by molar-refractivity contribution is 5.71. The molecule has 202 valence electrons. The Kier molecular flexibility index (Phi) is 9.81. The smallest absolute Gasteiger partial charge is 0.377 e. The molecule has 0 saturated heterocycles. The molecule has 0 spiro atoms. The highest BCUT2D eigenvalue weighted by Gasteiger charge is 2.37. The summed E-state index contributed by atoms with van der Waals surface area (Å²) < 4.78 is 55.6. The fourth-order valence-electron chi connectivity index (χ4n) is 4.93. The van der Waals surface area contributed by atoms with Gasteiger partial charge in [0.05, 0.1) is 18.3 Å². The summed E-state index contributed by atoms with van der Waals surface area (Å²) in [5.41, 5.74) is 3.41. The van der Waals surface area contributed by atoms with E-state index in [0.29, 0.717) is 36.5 Å². The van der Waals surface area contributed by atoms with Crippen LogP contribution >= 0.6 is 0 Å². The van der Waals surface area contributed by atoms with Gasteiger partial charge in [-0.25, -0.2) is 4.39 Å². The van der Waals surface area contributed by atoms with Gasteiger partial charge in [-0.2, -0.15) is 8.78 Å². The molecule has 5 heteroatoms. The summed E-state index contributed by atoms with van der Waals surface area (Å²) in [5, 5.41) is 0. The van der Waals surface area contributed by atoms with E-state index in [2.05, 4.69) is 13.5 Å². The molecule has 1 aliphatic rings. The van der Waals surface area contributed by atoms with Gasteiger partial charge in [0, 0.05) is 12.2 Å². The molecule has 0 radical (unpaired) electrons. The van der Waals surface area contributed by atoms with Gasteiger partial charge in [0.2, 0.25) is 0 Å². The van der Waals surface area contributed by atoms with Gasteiger partial charge in [0.25, 0.3) is 0 Å². The van der Waals surface area contributed by atoms with Crippen LogP contribution in [-0.4, -0.2) is 12.7 Å². The second kappa shape index (κ2) is 13.3. The largest absolute Gasteiger partial charge is 0.383 e. The average molecular weight is 523 g/mol. The molecule has 0 aromatic heterocycles. The molecule has 0 atom stereocenters. The van der Waals surface area contributed by atoms with Crippen molar-refractivity contribution in [1.29, 1.82) is 0 Å². The first-order valence-electron chi connectivity index (χ1n) is 13.7. The van der Waals surface area contributed by atoms with E-state index < -0.39 is 18.0 Å². The van der Waals surface area contributed by atoms with E-state index in [1.807, 2.05) is 36.4 Å². The van der Waals surface area contributed by atoms with Gasteiger partial charge >= 0.3 is 6.11 Å². The third kappa shape index (κ3) is 7.36. The lowest BCUT2D eigenvalue weighted by Crippen LogP contribution is -2.29. The second-order valence-electron chi connectivity index (χ2n) is 10.1. The highest BCUT2D eigenvalue weighted by Crippen LogP contribution is 2.37. The minimum absolute atomic E-state index is 0.224. The SMILES string of the molecule is C=C[C@H]1CC[C@H](OC(F)(F)c2ccc(-c3ccc(-c4ccc(COCCCCC)cc4)cc3F)cc2)CC1. The zero-order valence-electron chi connectivity index (χ0n) is 22.1. The van der Waals surface area contributed by atoms with Gasteiger partial charge in [0.1, 0.15) is 5.82 Å². The summed E-state index contributed by atoms with van der Waals surface area (Å²) in [4.78, 5) is 0. The van der Waals surface area contributed by atoms with Crippen LogP contribution in [-0.2, 0) is 22.2 Å². The molecule has 4 rings (SSSR count). The Morgan fingerprint density at radius 3 is 2.16 bits per heavy atom. The van der Waals surface area contributed by atoms with Crippen molar-refractivity contribution in [3.8, 4) is 22.3 Å². The number of alkyl halides is 2. The summed E-state index contributed by atoms with van der Waals surface area (Å²) in [5.74, 6) is -0.0244. The normalized spacial score (nSPS) is 17.9.